The van der Waals surface area contributed by atoms with Crippen molar-refractivity contribution in [3.8, 4) is 0 Å². The highest BCUT2D eigenvalue weighted by Gasteiger charge is 1.89. The average molecular weight is 156 g/mol. The number of hydrogen-bond donors (Lipinski definition) is 0. The van der Waals surface area contributed by atoms with Gasteiger partial charge in [-0.1, -0.05) is 13.8 Å². The Balaban J connectivity index is 0.000000371. The van der Waals surface area contributed by atoms with Gasteiger partial charge in [-0.2, -0.15) is 0 Å². The van der Waals surface area contributed by atoms with Crippen LogP contribution in [-0.4, -0.2) is 6.29 Å². The van der Waals surface area contributed by atoms with Crippen molar-refractivity contribution in [1.29, 1.82) is 0 Å². The fourth-order valence-electron chi connectivity index (χ4n) is 0.515. The van der Waals surface area contributed by atoms with Crippen LogP contribution in [0.5, 0.6) is 0 Å². The van der Waals surface area contributed by atoms with Gasteiger partial charge in [-0.05, 0) is 23.9 Å². The molecule has 0 aliphatic rings. The van der Waals surface area contributed by atoms with Gasteiger partial charge in [0.25, 0.3) is 0 Å². The Morgan fingerprint density at radius 2 is 2.10 bits per heavy atom. The highest BCUT2D eigenvalue weighted by Crippen LogP contribution is 2.09. The summed E-state index contributed by atoms with van der Waals surface area (Å²) < 4.78 is 0. The van der Waals surface area contributed by atoms with E-state index >= 15 is 0 Å². The molecule has 0 atom stereocenters. The van der Waals surface area contributed by atoms with Crippen LogP contribution in [0.15, 0.2) is 11.4 Å². The Labute approximate surface area is 65.7 Å². The number of hydrogen-bond acceptors (Lipinski definition) is 2. The third-order valence-electron chi connectivity index (χ3n) is 0.867. The molecular weight excluding hydrogens is 144 g/mol. The van der Waals surface area contributed by atoms with Gasteiger partial charge >= 0.3 is 0 Å². The molecule has 1 aromatic rings. The normalized spacial score (nSPS) is 7.90. The van der Waals surface area contributed by atoms with E-state index < -0.39 is 0 Å². The fraction of sp³-hybridized carbons (Fsp3) is 0.375. The summed E-state index contributed by atoms with van der Waals surface area (Å²) in [5, 5.41) is 1.96. The molecule has 0 amide bonds. The largest absolute Gasteiger partial charge is 0.297 e. The first kappa shape index (κ1) is 9.37. The lowest BCUT2D eigenvalue weighted by Crippen LogP contribution is -1.64. The molecule has 0 bridgehead atoms. The van der Waals surface area contributed by atoms with E-state index in [4.69, 9.17) is 0 Å². The summed E-state index contributed by atoms with van der Waals surface area (Å²) in [6, 6.07) is 1.87. The molecule has 0 radical (unpaired) electrons. The van der Waals surface area contributed by atoms with Crippen molar-refractivity contribution in [2.75, 3.05) is 0 Å². The maximum Gasteiger partial charge on any atom is 0.160 e. The molecule has 1 heterocycles. The van der Waals surface area contributed by atoms with Crippen molar-refractivity contribution in [2.45, 2.75) is 20.8 Å². The number of thiophene rings is 1. The van der Waals surface area contributed by atoms with Crippen LogP contribution in [0.25, 0.3) is 0 Å². The van der Waals surface area contributed by atoms with E-state index in [0.29, 0.717) is 0 Å². The van der Waals surface area contributed by atoms with E-state index in [1.165, 1.54) is 11.3 Å². The Morgan fingerprint density at radius 1 is 1.50 bits per heavy atom. The summed E-state index contributed by atoms with van der Waals surface area (Å²) in [6.07, 6.45) is 0.873. The number of aryl methyl sites for hydroxylation is 1. The van der Waals surface area contributed by atoms with Crippen LogP contribution in [-0.2, 0) is 0 Å². The van der Waals surface area contributed by atoms with E-state index in [1.807, 2.05) is 32.2 Å². The summed E-state index contributed by atoms with van der Waals surface area (Å²) >= 11 is 1.48. The van der Waals surface area contributed by atoms with E-state index in [1.54, 1.807) is 0 Å². The van der Waals surface area contributed by atoms with Crippen molar-refractivity contribution in [3.05, 3.63) is 21.9 Å². The van der Waals surface area contributed by atoms with Crippen LogP contribution in [0.2, 0.25) is 0 Å². The molecule has 1 aromatic heterocycles. The van der Waals surface area contributed by atoms with Crippen molar-refractivity contribution < 1.29 is 4.79 Å². The molecule has 0 aliphatic heterocycles. The van der Waals surface area contributed by atoms with Gasteiger partial charge in [0.15, 0.2) is 6.29 Å². The predicted molar refractivity (Wildman–Crippen MR) is 45.8 cm³/mol. The van der Waals surface area contributed by atoms with Gasteiger partial charge in [-0.25, -0.2) is 0 Å². The lowest BCUT2D eigenvalue weighted by Gasteiger charge is -1.70. The Kier molecular flexibility index (Phi) is 4.85. The number of aldehydes is 1. The van der Waals surface area contributed by atoms with Gasteiger partial charge in [-0.3, -0.25) is 4.79 Å². The molecule has 0 aromatic carbocycles. The minimum atomic E-state index is 0.808. The standard InChI is InChI=1S/C6H6OS.C2H6/c1-5-2-6(3-7)8-4-5;1-2/h2-4H,1H3;1-2H3. The zero-order chi connectivity index (χ0) is 7.98. The quantitative estimate of drug-likeness (QED) is 0.571. The molecule has 1 rings (SSSR count). The molecule has 0 N–H and O–H groups in total. The molecule has 56 valence electrons. The van der Waals surface area contributed by atoms with E-state index in [-0.39, 0.29) is 0 Å². The average Bonchev–Trinajstić information content (AvgIpc) is 2.40. The van der Waals surface area contributed by atoms with E-state index in [0.717, 1.165) is 16.7 Å². The van der Waals surface area contributed by atoms with E-state index in [2.05, 4.69) is 0 Å². The zero-order valence-corrected chi connectivity index (χ0v) is 7.37. The fourth-order valence-corrected chi connectivity index (χ4v) is 1.21. The molecule has 0 saturated heterocycles. The van der Waals surface area contributed by atoms with Crippen LogP contribution in [0.4, 0.5) is 0 Å². The Morgan fingerprint density at radius 3 is 2.30 bits per heavy atom. The van der Waals surface area contributed by atoms with Gasteiger partial charge < -0.3 is 0 Å². The molecule has 0 fully saturated rings. The SMILES string of the molecule is CC.Cc1csc(C=O)c1. The highest BCUT2D eigenvalue weighted by atomic mass is 32.1. The second-order valence-corrected chi connectivity index (χ2v) is 2.59. The molecule has 0 aliphatic carbocycles. The summed E-state index contributed by atoms with van der Waals surface area (Å²) in [5.74, 6) is 0. The van der Waals surface area contributed by atoms with Crippen molar-refractivity contribution >= 4 is 17.6 Å². The van der Waals surface area contributed by atoms with Crippen LogP contribution in [0.1, 0.15) is 29.1 Å². The predicted octanol–water partition coefficient (Wildman–Crippen LogP) is 2.90. The second kappa shape index (κ2) is 5.18. The summed E-state index contributed by atoms with van der Waals surface area (Å²) in [5.41, 5.74) is 1.16. The topological polar surface area (TPSA) is 17.1 Å². The van der Waals surface area contributed by atoms with Crippen molar-refractivity contribution in [1.82, 2.24) is 0 Å². The minimum absolute atomic E-state index is 0.808. The number of carbonyl (C=O) groups is 1. The lowest BCUT2D eigenvalue weighted by molar-refractivity contribution is 0.112. The Hall–Kier alpha value is -0.630. The Bertz CT molecular complexity index is 191. The molecule has 0 spiro atoms. The number of carbonyl (C=O) groups excluding carboxylic acids is 1. The molecule has 0 saturated carbocycles. The van der Waals surface area contributed by atoms with Crippen LogP contribution in [0.3, 0.4) is 0 Å². The van der Waals surface area contributed by atoms with E-state index in [9.17, 15) is 4.79 Å². The van der Waals surface area contributed by atoms with Gasteiger partial charge in [0.2, 0.25) is 0 Å². The van der Waals surface area contributed by atoms with Crippen molar-refractivity contribution in [2.24, 2.45) is 0 Å². The summed E-state index contributed by atoms with van der Waals surface area (Å²) in [7, 11) is 0. The summed E-state index contributed by atoms with van der Waals surface area (Å²) in [6.45, 7) is 5.98. The van der Waals surface area contributed by atoms with Crippen LogP contribution in [0, 0.1) is 6.92 Å². The first-order chi connectivity index (χ1) is 4.83. The highest BCUT2D eigenvalue weighted by molar-refractivity contribution is 7.11. The molecular formula is C8H12OS. The smallest absolute Gasteiger partial charge is 0.160 e. The maximum absolute atomic E-state index is 10.0. The third-order valence-corrected chi connectivity index (χ3v) is 1.84. The third kappa shape index (κ3) is 2.78. The van der Waals surface area contributed by atoms with Gasteiger partial charge in [0.1, 0.15) is 0 Å². The van der Waals surface area contributed by atoms with Crippen LogP contribution >= 0.6 is 11.3 Å². The van der Waals surface area contributed by atoms with Gasteiger partial charge in [-0.15, -0.1) is 11.3 Å². The zero-order valence-electron chi connectivity index (χ0n) is 6.55. The monoisotopic (exact) mass is 156 g/mol. The van der Waals surface area contributed by atoms with Crippen molar-refractivity contribution in [3.63, 3.8) is 0 Å². The van der Waals surface area contributed by atoms with Gasteiger partial charge in [0, 0.05) is 0 Å². The van der Waals surface area contributed by atoms with Crippen LogP contribution < -0.4 is 0 Å². The maximum atomic E-state index is 10.0. The molecule has 1 nitrogen and oxygen atoms in total. The molecule has 2 heteroatoms. The van der Waals surface area contributed by atoms with Gasteiger partial charge in [0.05, 0.1) is 4.88 Å². The second-order valence-electron chi connectivity index (χ2n) is 1.64. The first-order valence-corrected chi connectivity index (χ1v) is 4.21. The lowest BCUT2D eigenvalue weighted by atomic mass is 10.4. The number of rotatable bonds is 1. The summed E-state index contributed by atoms with van der Waals surface area (Å²) in [4.78, 5) is 10.8. The molecule has 0 unspecified atom stereocenters. The molecule has 10 heavy (non-hydrogen) atoms. The first-order valence-electron chi connectivity index (χ1n) is 3.33. The minimum Gasteiger partial charge on any atom is -0.297 e.